The largest absolute Gasteiger partial charge is 0.550 e. The van der Waals surface area contributed by atoms with Gasteiger partial charge in [0.25, 0.3) is 0 Å². The minimum Gasteiger partial charge on any atom is -0.550 e. The van der Waals surface area contributed by atoms with Crippen molar-refractivity contribution >= 4 is 56.0 Å². The number of carbonyl (C=O) groups is 5. The first-order chi connectivity index (χ1) is 16.4. The summed E-state index contributed by atoms with van der Waals surface area (Å²) in [6.07, 6.45) is 9.34. The summed E-state index contributed by atoms with van der Waals surface area (Å²) in [5.41, 5.74) is 0. The van der Waals surface area contributed by atoms with Crippen molar-refractivity contribution in [2.75, 3.05) is 0 Å². The molecule has 0 aromatic heterocycles. The zero-order chi connectivity index (χ0) is 28.5. The maximum Gasteiger partial charge on any atom is 0.0414 e. The van der Waals surface area contributed by atoms with Crippen molar-refractivity contribution in [1.29, 1.82) is 0 Å². The Labute approximate surface area is 236 Å². The molecule has 36 heavy (non-hydrogen) atoms. The van der Waals surface area contributed by atoms with E-state index in [1.54, 1.807) is 0 Å². The first-order valence-electron chi connectivity index (χ1n) is 12.3. The molecule has 0 aliphatic carbocycles. The van der Waals surface area contributed by atoms with Gasteiger partial charge in [0.15, 0.2) is 0 Å². The molecular formula is C25H45BiO10-5. The molecule has 215 valence electrons. The summed E-state index contributed by atoms with van der Waals surface area (Å²) in [7, 11) is 0. The molecule has 0 spiro atoms. The van der Waals surface area contributed by atoms with Crippen LogP contribution in [0.1, 0.15) is 131 Å². The number of unbranched alkanes of at least 4 members (excludes halogenated alkanes) is 5. The second-order valence-electron chi connectivity index (χ2n) is 7.38. The zero-order valence-corrected chi connectivity index (χ0v) is 26.1. The number of rotatable bonds is 15. The van der Waals surface area contributed by atoms with Gasteiger partial charge in [0.05, 0.1) is 0 Å². The number of hydrogen-bond acceptors (Lipinski definition) is 10. The van der Waals surface area contributed by atoms with Crippen molar-refractivity contribution in [3.8, 4) is 0 Å². The van der Waals surface area contributed by atoms with Crippen LogP contribution in [-0.2, 0) is 24.0 Å². The van der Waals surface area contributed by atoms with E-state index in [1.165, 1.54) is 0 Å². The van der Waals surface area contributed by atoms with Crippen molar-refractivity contribution in [3.05, 3.63) is 0 Å². The third-order valence-electron chi connectivity index (χ3n) is 3.67. The molecule has 0 heterocycles. The number of hydrogen-bond donors (Lipinski definition) is 0. The van der Waals surface area contributed by atoms with Crippen LogP contribution in [0.2, 0.25) is 0 Å². The first kappa shape index (κ1) is 47.4. The molecule has 0 aromatic carbocycles. The molecule has 0 bridgehead atoms. The standard InChI is InChI=1S/5C5H10O2.Bi/c5*1-2-3-4-5(6)7;/h5*2-4H2,1H3,(H,6,7);/p-5. The number of carbonyl (C=O) groups excluding carboxylic acids is 5. The van der Waals surface area contributed by atoms with Gasteiger partial charge in [0.1, 0.15) is 0 Å². The Kier molecular flexibility index (Phi) is 57.1. The second kappa shape index (κ2) is 43.3. The number of aliphatic carboxylic acids is 5. The molecule has 0 aromatic rings. The van der Waals surface area contributed by atoms with Gasteiger partial charge in [0.2, 0.25) is 0 Å². The SMILES string of the molecule is CCCCC(=O)[O-].CCCCC(=O)[O-].CCCCC(=O)[O-].CCCCC(=O)[O-].CCCCC(=O)[O-].[Bi]. The number of carboxylic acids is 5. The van der Waals surface area contributed by atoms with Gasteiger partial charge >= 0.3 is 0 Å². The monoisotopic (exact) mass is 714 g/mol. The summed E-state index contributed by atoms with van der Waals surface area (Å²) in [5, 5.41) is 48.2. The quantitative estimate of drug-likeness (QED) is 0.195. The molecule has 0 atom stereocenters. The van der Waals surface area contributed by atoms with E-state index >= 15 is 0 Å². The Hall–Kier alpha value is -1.77. The fourth-order valence-electron chi connectivity index (χ4n) is 1.61. The van der Waals surface area contributed by atoms with Gasteiger partial charge in [-0.25, -0.2) is 0 Å². The van der Waals surface area contributed by atoms with E-state index in [0.29, 0.717) is 0 Å². The number of carboxylic acid groups (broad SMARTS) is 5. The molecule has 0 rings (SSSR count). The van der Waals surface area contributed by atoms with E-state index in [2.05, 4.69) is 0 Å². The summed E-state index contributed by atoms with van der Waals surface area (Å²) < 4.78 is 0. The van der Waals surface area contributed by atoms with Crippen LogP contribution < -0.4 is 25.5 Å². The average molecular weight is 715 g/mol. The van der Waals surface area contributed by atoms with Gasteiger partial charge in [-0.05, 0) is 64.2 Å². The third-order valence-corrected chi connectivity index (χ3v) is 3.67. The molecule has 11 heteroatoms. The van der Waals surface area contributed by atoms with Crippen LogP contribution in [0.4, 0.5) is 0 Å². The molecule has 0 fully saturated rings. The molecule has 0 aliphatic heterocycles. The van der Waals surface area contributed by atoms with Crippen LogP contribution in [-0.4, -0.2) is 56.0 Å². The first-order valence-corrected chi connectivity index (χ1v) is 12.3. The summed E-state index contributed by atoms with van der Waals surface area (Å²) >= 11 is 0. The molecule has 0 amide bonds. The fourth-order valence-corrected chi connectivity index (χ4v) is 1.61. The molecule has 0 saturated heterocycles. The van der Waals surface area contributed by atoms with E-state index in [9.17, 15) is 49.5 Å². The van der Waals surface area contributed by atoms with Crippen LogP contribution in [0.5, 0.6) is 0 Å². The van der Waals surface area contributed by atoms with E-state index in [0.717, 1.165) is 64.2 Å². The van der Waals surface area contributed by atoms with Gasteiger partial charge in [-0.3, -0.25) is 0 Å². The van der Waals surface area contributed by atoms with Gasteiger partial charge in [-0.1, -0.05) is 66.7 Å². The van der Waals surface area contributed by atoms with Crippen LogP contribution in [0.3, 0.4) is 0 Å². The van der Waals surface area contributed by atoms with Crippen molar-refractivity contribution < 1.29 is 49.5 Å². The van der Waals surface area contributed by atoms with E-state index < -0.39 is 29.8 Å². The summed E-state index contributed by atoms with van der Waals surface area (Å²) in [6.45, 7) is 9.74. The smallest absolute Gasteiger partial charge is 0.0414 e. The summed E-state index contributed by atoms with van der Waals surface area (Å²) in [5.74, 6) is -4.71. The molecule has 0 aliphatic rings. The molecule has 0 unspecified atom stereocenters. The summed E-state index contributed by atoms with van der Waals surface area (Å²) in [4.78, 5) is 48.2. The van der Waals surface area contributed by atoms with Crippen LogP contribution in [0.25, 0.3) is 0 Å². The van der Waals surface area contributed by atoms with Gasteiger partial charge in [0, 0.05) is 56.0 Å². The Balaban J connectivity index is -0.0000000776. The average Bonchev–Trinajstić information content (AvgIpc) is 2.78. The minimum atomic E-state index is -0.943. The normalized spacial score (nSPS) is 8.47. The zero-order valence-electron chi connectivity index (χ0n) is 22.6. The van der Waals surface area contributed by atoms with E-state index in [4.69, 9.17) is 0 Å². The molecule has 3 radical (unpaired) electrons. The fraction of sp³-hybridized carbons (Fsp3) is 0.800. The van der Waals surface area contributed by atoms with Gasteiger partial charge < -0.3 is 49.5 Å². The predicted octanol–water partition coefficient (Wildman–Crippen LogP) is -0.748. The predicted molar refractivity (Wildman–Crippen MR) is 128 cm³/mol. The Morgan fingerprint density at radius 1 is 0.361 bits per heavy atom. The Morgan fingerprint density at radius 3 is 0.500 bits per heavy atom. The minimum absolute atomic E-state index is 0. The van der Waals surface area contributed by atoms with Crippen LogP contribution >= 0.6 is 0 Å². The molecular weight excluding hydrogens is 669 g/mol. The molecule has 0 N–H and O–H groups in total. The Morgan fingerprint density at radius 2 is 0.472 bits per heavy atom. The van der Waals surface area contributed by atoms with E-state index in [-0.39, 0.29) is 58.3 Å². The van der Waals surface area contributed by atoms with Crippen LogP contribution in [0.15, 0.2) is 0 Å². The van der Waals surface area contributed by atoms with Crippen molar-refractivity contribution in [2.24, 2.45) is 0 Å². The van der Waals surface area contributed by atoms with Gasteiger partial charge in [-0.2, -0.15) is 0 Å². The Bertz CT molecular complexity index is 407. The van der Waals surface area contributed by atoms with Crippen molar-refractivity contribution in [2.45, 2.75) is 131 Å². The van der Waals surface area contributed by atoms with Crippen molar-refractivity contribution in [3.63, 3.8) is 0 Å². The van der Waals surface area contributed by atoms with E-state index in [1.807, 2.05) is 34.6 Å². The van der Waals surface area contributed by atoms with Crippen molar-refractivity contribution in [1.82, 2.24) is 0 Å². The molecule has 0 saturated carbocycles. The summed E-state index contributed by atoms with van der Waals surface area (Å²) in [6, 6.07) is 0. The maximum atomic E-state index is 9.65. The van der Waals surface area contributed by atoms with Crippen LogP contribution in [0, 0.1) is 0 Å². The third kappa shape index (κ3) is 94.6. The second-order valence-corrected chi connectivity index (χ2v) is 7.38. The molecule has 10 nitrogen and oxygen atoms in total. The van der Waals surface area contributed by atoms with Gasteiger partial charge in [-0.15, -0.1) is 0 Å². The maximum absolute atomic E-state index is 9.65. The topological polar surface area (TPSA) is 201 Å².